The van der Waals surface area contributed by atoms with Crippen LogP contribution in [0.5, 0.6) is 0 Å². The second-order valence-electron chi connectivity index (χ2n) is 4.26. The monoisotopic (exact) mass is 167 g/mol. The molecule has 1 aliphatic carbocycles. The first-order valence-corrected chi connectivity index (χ1v) is 4.96. The Morgan fingerprint density at radius 3 is 3.00 bits per heavy atom. The molecule has 2 heteroatoms. The van der Waals surface area contributed by atoms with Gasteiger partial charge in [0.05, 0.1) is 6.04 Å². The minimum atomic E-state index is 0.408. The summed E-state index contributed by atoms with van der Waals surface area (Å²) in [5, 5.41) is 0. The van der Waals surface area contributed by atoms with E-state index in [1.807, 2.05) is 0 Å². The van der Waals surface area contributed by atoms with Crippen LogP contribution in [-0.4, -0.2) is 18.5 Å². The van der Waals surface area contributed by atoms with Crippen molar-refractivity contribution in [3.8, 4) is 0 Å². The molecule has 2 nitrogen and oxygen atoms in total. The molecule has 0 aromatic carbocycles. The summed E-state index contributed by atoms with van der Waals surface area (Å²) in [5.41, 5.74) is 0. The first-order valence-electron chi connectivity index (χ1n) is 4.96. The van der Waals surface area contributed by atoms with Crippen LogP contribution in [0, 0.1) is 11.8 Å². The average molecular weight is 167 g/mol. The summed E-state index contributed by atoms with van der Waals surface area (Å²) in [6.07, 6.45) is 5.92. The predicted octanol–water partition coefficient (Wildman–Crippen LogP) is 2.24. The summed E-state index contributed by atoms with van der Waals surface area (Å²) in [6, 6.07) is 0.471. The predicted molar refractivity (Wildman–Crippen MR) is 49.3 cm³/mol. The van der Waals surface area contributed by atoms with Gasteiger partial charge in [-0.05, 0) is 31.1 Å². The van der Waals surface area contributed by atoms with Gasteiger partial charge in [0.15, 0.2) is 6.40 Å². The Labute approximate surface area is 74.0 Å². The zero-order valence-corrected chi connectivity index (χ0v) is 7.86. The van der Waals surface area contributed by atoms with Crippen molar-refractivity contribution in [2.75, 3.05) is 0 Å². The summed E-state index contributed by atoms with van der Waals surface area (Å²) in [7, 11) is 0. The highest BCUT2D eigenvalue weighted by molar-refractivity contribution is 5.50. The SMILES string of the molecule is CC(C)C1CCCC2OC=NC21. The van der Waals surface area contributed by atoms with Crippen molar-refractivity contribution in [2.24, 2.45) is 16.8 Å². The molecule has 0 spiro atoms. The molecule has 0 aromatic heterocycles. The molecule has 3 unspecified atom stereocenters. The van der Waals surface area contributed by atoms with E-state index in [2.05, 4.69) is 18.8 Å². The molecule has 0 saturated heterocycles. The van der Waals surface area contributed by atoms with Crippen LogP contribution < -0.4 is 0 Å². The number of hydrogen-bond donors (Lipinski definition) is 0. The first-order chi connectivity index (χ1) is 5.79. The lowest BCUT2D eigenvalue weighted by molar-refractivity contribution is 0.103. The van der Waals surface area contributed by atoms with E-state index in [0.29, 0.717) is 12.1 Å². The molecule has 3 atom stereocenters. The highest BCUT2D eigenvalue weighted by atomic mass is 16.5. The van der Waals surface area contributed by atoms with Gasteiger partial charge in [-0.3, -0.25) is 4.99 Å². The third kappa shape index (κ3) is 1.23. The third-order valence-corrected chi connectivity index (χ3v) is 3.17. The quantitative estimate of drug-likeness (QED) is 0.587. The van der Waals surface area contributed by atoms with Gasteiger partial charge in [-0.25, -0.2) is 0 Å². The Kier molecular flexibility index (Phi) is 2.07. The maximum atomic E-state index is 5.45. The highest BCUT2D eigenvalue weighted by Gasteiger charge is 2.37. The van der Waals surface area contributed by atoms with Gasteiger partial charge in [0.1, 0.15) is 6.10 Å². The number of aliphatic imine (C=N–C) groups is 1. The van der Waals surface area contributed by atoms with E-state index in [1.54, 1.807) is 6.40 Å². The molecule has 0 N–H and O–H groups in total. The number of nitrogens with zero attached hydrogens (tertiary/aromatic N) is 1. The van der Waals surface area contributed by atoms with E-state index in [1.165, 1.54) is 19.3 Å². The van der Waals surface area contributed by atoms with E-state index in [0.717, 1.165) is 11.8 Å². The lowest BCUT2D eigenvalue weighted by Gasteiger charge is -2.33. The lowest BCUT2D eigenvalue weighted by Crippen LogP contribution is -2.36. The molecule has 0 radical (unpaired) electrons. The fourth-order valence-electron chi connectivity index (χ4n) is 2.44. The maximum absolute atomic E-state index is 5.45. The molecule has 1 saturated carbocycles. The summed E-state index contributed by atoms with van der Waals surface area (Å²) in [5.74, 6) is 1.50. The van der Waals surface area contributed by atoms with Gasteiger partial charge in [-0.2, -0.15) is 0 Å². The molecule has 0 amide bonds. The first kappa shape index (κ1) is 8.09. The standard InChI is InChI=1S/C10H17NO/c1-7(2)8-4-3-5-9-10(8)11-6-12-9/h6-10H,3-5H2,1-2H3. The van der Waals surface area contributed by atoms with Crippen LogP contribution in [0.15, 0.2) is 4.99 Å². The second kappa shape index (κ2) is 3.08. The molecule has 68 valence electrons. The van der Waals surface area contributed by atoms with Crippen molar-refractivity contribution < 1.29 is 4.74 Å². The number of ether oxygens (including phenoxy) is 1. The number of fused-ring (bicyclic) bond motifs is 1. The molecule has 2 rings (SSSR count). The Morgan fingerprint density at radius 2 is 2.25 bits per heavy atom. The Hall–Kier alpha value is -0.530. The molecule has 1 heterocycles. The van der Waals surface area contributed by atoms with E-state index in [9.17, 15) is 0 Å². The summed E-state index contributed by atoms with van der Waals surface area (Å²) in [6.45, 7) is 4.59. The fourth-order valence-corrected chi connectivity index (χ4v) is 2.44. The van der Waals surface area contributed by atoms with Crippen LogP contribution >= 0.6 is 0 Å². The van der Waals surface area contributed by atoms with Gasteiger partial charge in [-0.1, -0.05) is 13.8 Å². The zero-order chi connectivity index (χ0) is 8.55. The van der Waals surface area contributed by atoms with Crippen LogP contribution in [0.25, 0.3) is 0 Å². The zero-order valence-electron chi connectivity index (χ0n) is 7.86. The normalized spacial score (nSPS) is 39.8. The van der Waals surface area contributed by atoms with Crippen molar-refractivity contribution in [2.45, 2.75) is 45.3 Å². The lowest BCUT2D eigenvalue weighted by atomic mass is 9.77. The van der Waals surface area contributed by atoms with Gasteiger partial charge in [0.2, 0.25) is 0 Å². The van der Waals surface area contributed by atoms with Crippen LogP contribution in [0.3, 0.4) is 0 Å². The van der Waals surface area contributed by atoms with Crippen LogP contribution in [0.4, 0.5) is 0 Å². The molecular weight excluding hydrogens is 150 g/mol. The molecule has 0 bridgehead atoms. The minimum absolute atomic E-state index is 0.408. The molecule has 12 heavy (non-hydrogen) atoms. The van der Waals surface area contributed by atoms with Gasteiger partial charge < -0.3 is 4.74 Å². The van der Waals surface area contributed by atoms with E-state index >= 15 is 0 Å². The molecule has 1 aliphatic heterocycles. The molecule has 2 aliphatic rings. The molecule has 0 aromatic rings. The van der Waals surface area contributed by atoms with Gasteiger partial charge in [-0.15, -0.1) is 0 Å². The fraction of sp³-hybridized carbons (Fsp3) is 0.900. The van der Waals surface area contributed by atoms with E-state index in [4.69, 9.17) is 4.74 Å². The average Bonchev–Trinajstić information content (AvgIpc) is 2.49. The van der Waals surface area contributed by atoms with Gasteiger partial charge in [0.25, 0.3) is 0 Å². The minimum Gasteiger partial charge on any atom is -0.478 e. The summed E-state index contributed by atoms with van der Waals surface area (Å²) in [4.78, 5) is 4.41. The maximum Gasteiger partial charge on any atom is 0.170 e. The van der Waals surface area contributed by atoms with Gasteiger partial charge in [0, 0.05) is 0 Å². The Balaban J connectivity index is 2.08. The topological polar surface area (TPSA) is 21.6 Å². The highest BCUT2D eigenvalue weighted by Crippen LogP contribution is 2.35. The van der Waals surface area contributed by atoms with E-state index in [-0.39, 0.29) is 0 Å². The van der Waals surface area contributed by atoms with Crippen molar-refractivity contribution >= 4 is 6.40 Å². The molecular formula is C10H17NO. The largest absolute Gasteiger partial charge is 0.478 e. The van der Waals surface area contributed by atoms with Crippen molar-refractivity contribution in [3.63, 3.8) is 0 Å². The van der Waals surface area contributed by atoms with Crippen molar-refractivity contribution in [1.29, 1.82) is 0 Å². The molecule has 1 fully saturated rings. The smallest absolute Gasteiger partial charge is 0.170 e. The van der Waals surface area contributed by atoms with Crippen molar-refractivity contribution in [1.82, 2.24) is 0 Å². The summed E-state index contributed by atoms with van der Waals surface area (Å²) >= 11 is 0. The van der Waals surface area contributed by atoms with Crippen LogP contribution in [0.1, 0.15) is 33.1 Å². The van der Waals surface area contributed by atoms with Crippen molar-refractivity contribution in [3.05, 3.63) is 0 Å². The van der Waals surface area contributed by atoms with Crippen LogP contribution in [0.2, 0.25) is 0 Å². The van der Waals surface area contributed by atoms with Gasteiger partial charge >= 0.3 is 0 Å². The number of hydrogen-bond acceptors (Lipinski definition) is 2. The third-order valence-electron chi connectivity index (χ3n) is 3.17. The Bertz CT molecular complexity index is 188. The summed E-state index contributed by atoms with van der Waals surface area (Å²) < 4.78 is 5.45. The second-order valence-corrected chi connectivity index (χ2v) is 4.26. The van der Waals surface area contributed by atoms with E-state index < -0.39 is 0 Å². The Morgan fingerprint density at radius 1 is 1.42 bits per heavy atom. The van der Waals surface area contributed by atoms with Crippen LogP contribution in [-0.2, 0) is 4.74 Å². The number of rotatable bonds is 1.